The molecule has 6 unspecified atom stereocenters. The SMILES string of the molecule is CNC(=O)/C=C\N(C=O)C1C[C@@H]2OP(SCc3ccc(OC(=O)c4ccc(OC)cc4)cc3)OCC3OC(n4cnc5c(N)ncnc54)C[C@@H]3OP(=O)(O)OCC2O1.CO.CO. The maximum Gasteiger partial charge on any atom is 0.472 e. The standard InChI is InChI=1S/C35H39N7O13P2S.2CH4O/c1-37-29(44)11-12-41(20-43)30-13-25-28(52-30)16-50-57(46,47)55-26-14-31(42-19-40-32-33(36)38-18-39-34(32)42)53-27(26)15-49-56(54-25)58-17-21-3-7-24(8-4-21)51-35(45)22-5-9-23(48-2)10-6-22;2*1-2/h3-12,18-20,25-28,30-31H,13-17H2,1-2H3,(H,37,44)(H,46,47)(H2,36,38,39);2*2H,1H3/b12-11-;;/t25-,26-,27?,28?,30?,31?,56?;;/m0../s1. The average Bonchev–Trinajstić information content (AvgIpc) is 4.02. The zero-order valence-corrected chi connectivity index (χ0v) is 36.5. The van der Waals surface area contributed by atoms with Crippen LogP contribution in [0, 0.1) is 0 Å². The minimum atomic E-state index is -4.73. The molecule has 7 rings (SSSR count). The van der Waals surface area contributed by atoms with E-state index in [0.29, 0.717) is 40.4 Å². The molecule has 4 aromatic rings. The predicted molar refractivity (Wildman–Crippen MR) is 223 cm³/mol. The number of nitrogens with two attached hydrogens (primary N) is 1. The Hall–Kier alpha value is -4.61. The molecule has 0 saturated carbocycles. The number of hydrogen-bond donors (Lipinski definition) is 5. The summed E-state index contributed by atoms with van der Waals surface area (Å²) in [7, 11) is -1.55. The summed E-state index contributed by atoms with van der Waals surface area (Å²) in [6, 6.07) is 13.5. The van der Waals surface area contributed by atoms with Gasteiger partial charge in [-0.25, -0.2) is 24.3 Å². The minimum absolute atomic E-state index is 0.0925. The summed E-state index contributed by atoms with van der Waals surface area (Å²) in [5.41, 5.74) is 7.97. The summed E-state index contributed by atoms with van der Waals surface area (Å²) in [6.45, 7) is -0.573. The van der Waals surface area contributed by atoms with Crippen molar-refractivity contribution in [1.29, 1.82) is 0 Å². The Balaban J connectivity index is 0.00000176. The second kappa shape index (κ2) is 23.2. The van der Waals surface area contributed by atoms with Crippen molar-refractivity contribution in [2.75, 3.05) is 47.3 Å². The highest BCUT2D eigenvalue weighted by atomic mass is 32.7. The summed E-state index contributed by atoms with van der Waals surface area (Å²) in [5, 5.41) is 16.4. The molecule has 3 aliphatic heterocycles. The molecule has 3 aliphatic rings. The van der Waals surface area contributed by atoms with Gasteiger partial charge in [0.15, 0.2) is 11.5 Å². The summed E-state index contributed by atoms with van der Waals surface area (Å²) in [5.74, 6) is 0.574. The lowest BCUT2D eigenvalue weighted by Gasteiger charge is -2.28. The lowest BCUT2D eigenvalue weighted by Crippen LogP contribution is -2.32. The number of aliphatic hydroxyl groups excluding tert-OH is 2. The second-order valence-corrected chi connectivity index (χ2v) is 17.4. The van der Waals surface area contributed by atoms with Gasteiger partial charge in [0.25, 0.3) is 0 Å². The van der Waals surface area contributed by atoms with Crippen LogP contribution < -0.4 is 20.5 Å². The number of esters is 1. The second-order valence-electron chi connectivity index (χ2n) is 12.9. The molecule has 5 heterocycles. The first-order chi connectivity index (χ1) is 30.0. The van der Waals surface area contributed by atoms with Crippen LogP contribution in [-0.2, 0) is 47.5 Å². The van der Waals surface area contributed by atoms with Gasteiger partial charge in [-0.05, 0) is 42.0 Å². The normalized spacial score (nSPS) is 26.0. The molecule has 2 amide bonds. The number of carbonyl (C=O) groups is 3. The fourth-order valence-electron chi connectivity index (χ4n) is 6.18. The molecule has 0 spiro atoms. The highest BCUT2D eigenvalue weighted by Crippen LogP contribution is 2.57. The molecule has 8 atom stereocenters. The largest absolute Gasteiger partial charge is 0.497 e. The third-order valence-electron chi connectivity index (χ3n) is 9.19. The zero-order valence-electron chi connectivity index (χ0n) is 33.9. The molecule has 2 aromatic carbocycles. The van der Waals surface area contributed by atoms with E-state index in [4.69, 9.17) is 53.0 Å². The number of aromatic nitrogens is 4. The molecule has 22 nitrogen and oxygen atoms in total. The Morgan fingerprint density at radius 3 is 2.40 bits per heavy atom. The molecule has 3 saturated heterocycles. The van der Waals surface area contributed by atoms with Crippen LogP contribution >= 0.6 is 26.8 Å². The van der Waals surface area contributed by atoms with Crippen molar-refractivity contribution >= 4 is 62.1 Å². The van der Waals surface area contributed by atoms with Crippen molar-refractivity contribution in [3.8, 4) is 11.5 Å². The number of benzene rings is 2. The van der Waals surface area contributed by atoms with E-state index in [1.165, 1.54) is 44.4 Å². The Labute approximate surface area is 360 Å². The number of ether oxygens (including phenoxy) is 4. The zero-order chi connectivity index (χ0) is 44.8. The van der Waals surface area contributed by atoms with Crippen molar-refractivity contribution in [3.63, 3.8) is 0 Å². The van der Waals surface area contributed by atoms with Crippen LogP contribution in [0.3, 0.4) is 0 Å². The third kappa shape index (κ3) is 12.5. The maximum atomic E-state index is 13.3. The van der Waals surface area contributed by atoms with Crippen molar-refractivity contribution in [2.45, 2.75) is 55.5 Å². The molecule has 25 heteroatoms. The van der Waals surface area contributed by atoms with Gasteiger partial charge in [-0.3, -0.25) is 28.1 Å². The molecule has 3 fully saturated rings. The molecular formula is C37H47N7O15P2S. The van der Waals surface area contributed by atoms with E-state index in [2.05, 4.69) is 20.3 Å². The van der Waals surface area contributed by atoms with Crippen LogP contribution in [-0.4, -0.2) is 130 Å². The van der Waals surface area contributed by atoms with Crippen molar-refractivity contribution < 1.29 is 71.1 Å². The summed E-state index contributed by atoms with van der Waals surface area (Å²) < 4.78 is 62.2. The van der Waals surface area contributed by atoms with Gasteiger partial charge < -0.3 is 54.2 Å². The number of nitrogen functional groups attached to an aromatic ring is 1. The van der Waals surface area contributed by atoms with Gasteiger partial charge in [-0.2, -0.15) is 0 Å². The topological polar surface area (TPSA) is 288 Å². The monoisotopic (exact) mass is 923 g/mol. The highest BCUT2D eigenvalue weighted by Gasteiger charge is 2.46. The fourth-order valence-corrected chi connectivity index (χ4v) is 10.2. The van der Waals surface area contributed by atoms with Crippen LogP contribution in [0.5, 0.6) is 11.5 Å². The van der Waals surface area contributed by atoms with Crippen LogP contribution in [0.1, 0.15) is 35.0 Å². The number of fused-ring (bicyclic) bond motifs is 3. The number of carbonyl (C=O) groups excluding carboxylic acids is 3. The van der Waals surface area contributed by atoms with Crippen LogP contribution in [0.4, 0.5) is 5.82 Å². The molecule has 336 valence electrons. The quantitative estimate of drug-likeness (QED) is 0.0475. The number of hydrogen-bond acceptors (Lipinski definition) is 19. The number of nitrogens with one attached hydrogen (secondary N) is 1. The van der Waals surface area contributed by atoms with Gasteiger partial charge in [-0.15, -0.1) is 0 Å². The predicted octanol–water partition coefficient (Wildman–Crippen LogP) is 3.05. The summed E-state index contributed by atoms with van der Waals surface area (Å²) in [6.07, 6.45) is 0.626. The van der Waals surface area contributed by atoms with Gasteiger partial charge >= 0.3 is 13.8 Å². The van der Waals surface area contributed by atoms with Gasteiger partial charge in [0.1, 0.15) is 54.1 Å². The van der Waals surface area contributed by atoms with Gasteiger partial charge in [0.2, 0.25) is 19.9 Å². The first kappa shape index (κ1) is 48.4. The highest BCUT2D eigenvalue weighted by molar-refractivity contribution is 8.52. The lowest BCUT2D eigenvalue weighted by molar-refractivity contribution is -0.128. The van der Waals surface area contributed by atoms with Crippen molar-refractivity contribution in [3.05, 3.63) is 84.6 Å². The summed E-state index contributed by atoms with van der Waals surface area (Å²) in [4.78, 5) is 61.2. The number of likely N-dealkylation sites (N-methyl/N-ethyl adjacent to an activating group) is 1. The number of imidazole rings is 1. The molecule has 6 N–H and O–H groups in total. The van der Waals surface area contributed by atoms with E-state index in [9.17, 15) is 23.8 Å². The number of phosphoric acid groups is 1. The van der Waals surface area contributed by atoms with E-state index in [1.54, 1.807) is 53.1 Å². The Bertz CT molecular complexity index is 2170. The van der Waals surface area contributed by atoms with Crippen LogP contribution in [0.25, 0.3) is 11.2 Å². The maximum absolute atomic E-state index is 13.3. The van der Waals surface area contributed by atoms with E-state index in [1.807, 2.05) is 0 Å². The van der Waals surface area contributed by atoms with Gasteiger partial charge in [0, 0.05) is 52.1 Å². The van der Waals surface area contributed by atoms with Crippen molar-refractivity contribution in [2.24, 2.45) is 0 Å². The fraction of sp³-hybridized carbons (Fsp3) is 0.405. The Kier molecular flexibility index (Phi) is 18.1. The van der Waals surface area contributed by atoms with Crippen LogP contribution in [0.2, 0.25) is 0 Å². The van der Waals surface area contributed by atoms with E-state index in [0.717, 1.165) is 30.8 Å². The molecule has 2 aromatic heterocycles. The third-order valence-corrected chi connectivity index (χ3v) is 13.3. The van der Waals surface area contributed by atoms with Crippen molar-refractivity contribution in [1.82, 2.24) is 29.7 Å². The number of anilines is 1. The molecular weight excluding hydrogens is 876 g/mol. The smallest absolute Gasteiger partial charge is 0.472 e. The Morgan fingerprint density at radius 2 is 1.71 bits per heavy atom. The molecule has 0 bridgehead atoms. The van der Waals surface area contributed by atoms with E-state index < -0.39 is 70.8 Å². The van der Waals surface area contributed by atoms with E-state index in [-0.39, 0.29) is 25.3 Å². The van der Waals surface area contributed by atoms with Crippen LogP contribution in [0.15, 0.2) is 73.5 Å². The average molecular weight is 924 g/mol. The number of nitrogens with zero attached hydrogens (tertiary/aromatic N) is 5. The first-order valence-electron chi connectivity index (χ1n) is 18.6. The molecule has 62 heavy (non-hydrogen) atoms. The number of phosphoric ester groups is 1. The Morgan fingerprint density at radius 1 is 1.00 bits per heavy atom. The molecule has 0 radical (unpaired) electrons. The first-order valence-corrected chi connectivity index (χ1v) is 22.9. The number of aliphatic hydroxyl groups is 2. The van der Waals surface area contributed by atoms with Gasteiger partial charge in [0.05, 0.1) is 38.3 Å². The lowest BCUT2D eigenvalue weighted by atomic mass is 10.2. The van der Waals surface area contributed by atoms with E-state index >= 15 is 0 Å². The minimum Gasteiger partial charge on any atom is -0.497 e. The number of rotatable bonds is 11. The van der Waals surface area contributed by atoms with Gasteiger partial charge in [-0.1, -0.05) is 23.5 Å². The molecule has 0 aliphatic carbocycles. The number of methoxy groups -OCH3 is 1. The summed E-state index contributed by atoms with van der Waals surface area (Å²) >= 11 is 1.35. The number of amides is 2.